The van der Waals surface area contributed by atoms with Crippen LogP contribution in [0, 0.1) is 0 Å². The molecule has 0 bridgehead atoms. The van der Waals surface area contributed by atoms with Gasteiger partial charge in [0.1, 0.15) is 5.75 Å². The molecule has 0 fully saturated rings. The second kappa shape index (κ2) is 6.27. The van der Waals surface area contributed by atoms with Crippen molar-refractivity contribution in [2.45, 2.75) is 45.6 Å². The molecule has 2 rings (SSSR count). The van der Waals surface area contributed by atoms with Crippen LogP contribution in [0.25, 0.3) is 0 Å². The first-order chi connectivity index (χ1) is 9.92. The van der Waals surface area contributed by atoms with Crippen molar-refractivity contribution in [3.63, 3.8) is 0 Å². The Morgan fingerprint density at radius 2 is 1.81 bits per heavy atom. The lowest BCUT2D eigenvalue weighted by Crippen LogP contribution is -2.14. The Morgan fingerprint density at radius 3 is 2.29 bits per heavy atom. The SMILES string of the molecule is CCC(C)(C)c1ccc(Oc2ccc([C@H](C)O)cn2)cc1. The first-order valence-electron chi connectivity index (χ1n) is 7.35. The van der Waals surface area contributed by atoms with E-state index >= 15 is 0 Å². The molecule has 0 aliphatic heterocycles. The van der Waals surface area contributed by atoms with Gasteiger partial charge in [0.15, 0.2) is 0 Å². The number of hydrogen-bond donors (Lipinski definition) is 1. The third-order valence-corrected chi connectivity index (χ3v) is 3.98. The van der Waals surface area contributed by atoms with E-state index in [-0.39, 0.29) is 5.41 Å². The van der Waals surface area contributed by atoms with Crippen LogP contribution in [0.15, 0.2) is 42.6 Å². The molecular formula is C18H23NO2. The zero-order chi connectivity index (χ0) is 15.5. The molecule has 1 atom stereocenters. The van der Waals surface area contributed by atoms with Gasteiger partial charge in [-0.2, -0.15) is 0 Å². The standard InChI is InChI=1S/C18H23NO2/c1-5-18(3,4)15-7-9-16(10-8-15)21-17-11-6-14(12-19-17)13(2)20/h6-13,20H,5H2,1-4H3/t13-/m0/s1. The molecule has 0 spiro atoms. The van der Waals surface area contributed by atoms with Gasteiger partial charge >= 0.3 is 0 Å². The van der Waals surface area contributed by atoms with E-state index in [0.717, 1.165) is 17.7 Å². The zero-order valence-electron chi connectivity index (χ0n) is 13.1. The molecule has 1 heterocycles. The second-order valence-corrected chi connectivity index (χ2v) is 5.97. The molecule has 21 heavy (non-hydrogen) atoms. The molecule has 1 N–H and O–H groups in total. The Morgan fingerprint density at radius 1 is 1.14 bits per heavy atom. The predicted octanol–water partition coefficient (Wildman–Crippen LogP) is 4.61. The van der Waals surface area contributed by atoms with Crippen molar-refractivity contribution >= 4 is 0 Å². The van der Waals surface area contributed by atoms with E-state index in [1.807, 2.05) is 18.2 Å². The Balaban J connectivity index is 2.10. The van der Waals surface area contributed by atoms with Gasteiger partial charge in [-0.05, 0) is 48.1 Å². The van der Waals surface area contributed by atoms with Crippen molar-refractivity contribution in [1.29, 1.82) is 0 Å². The average molecular weight is 285 g/mol. The van der Waals surface area contributed by atoms with Crippen LogP contribution >= 0.6 is 0 Å². The number of nitrogens with zero attached hydrogens (tertiary/aromatic N) is 1. The summed E-state index contributed by atoms with van der Waals surface area (Å²) in [6, 6.07) is 11.7. The van der Waals surface area contributed by atoms with Crippen molar-refractivity contribution in [3.05, 3.63) is 53.7 Å². The van der Waals surface area contributed by atoms with Crippen LogP contribution in [-0.2, 0) is 5.41 Å². The third-order valence-electron chi connectivity index (χ3n) is 3.98. The van der Waals surface area contributed by atoms with Crippen molar-refractivity contribution in [1.82, 2.24) is 4.98 Å². The van der Waals surface area contributed by atoms with Crippen LogP contribution in [0.3, 0.4) is 0 Å². The van der Waals surface area contributed by atoms with Crippen molar-refractivity contribution in [3.8, 4) is 11.6 Å². The van der Waals surface area contributed by atoms with Gasteiger partial charge in [0.05, 0.1) is 6.10 Å². The highest BCUT2D eigenvalue weighted by Gasteiger charge is 2.17. The number of aliphatic hydroxyl groups is 1. The van der Waals surface area contributed by atoms with Gasteiger partial charge in [-0.3, -0.25) is 0 Å². The Kier molecular flexibility index (Phi) is 4.63. The van der Waals surface area contributed by atoms with E-state index in [1.54, 1.807) is 19.2 Å². The number of pyridine rings is 1. The van der Waals surface area contributed by atoms with Gasteiger partial charge in [-0.25, -0.2) is 4.98 Å². The van der Waals surface area contributed by atoms with Crippen LogP contribution in [0.1, 0.15) is 51.3 Å². The molecule has 0 saturated heterocycles. The quantitative estimate of drug-likeness (QED) is 0.872. The minimum absolute atomic E-state index is 0.176. The second-order valence-electron chi connectivity index (χ2n) is 5.97. The molecule has 112 valence electrons. The molecule has 2 aromatic rings. The summed E-state index contributed by atoms with van der Waals surface area (Å²) in [6.45, 7) is 8.38. The summed E-state index contributed by atoms with van der Waals surface area (Å²) >= 11 is 0. The highest BCUT2D eigenvalue weighted by molar-refractivity contribution is 5.34. The topological polar surface area (TPSA) is 42.4 Å². The lowest BCUT2D eigenvalue weighted by Gasteiger charge is -2.23. The number of aromatic nitrogens is 1. The summed E-state index contributed by atoms with van der Waals surface area (Å²) in [6.07, 6.45) is 2.21. The largest absolute Gasteiger partial charge is 0.439 e. The van der Waals surface area contributed by atoms with Crippen molar-refractivity contribution in [2.75, 3.05) is 0 Å². The molecule has 0 saturated carbocycles. The lowest BCUT2D eigenvalue weighted by atomic mass is 9.82. The van der Waals surface area contributed by atoms with Crippen LogP contribution in [0.4, 0.5) is 0 Å². The molecule has 0 aliphatic rings. The van der Waals surface area contributed by atoms with Crippen molar-refractivity contribution < 1.29 is 9.84 Å². The summed E-state index contributed by atoms with van der Waals surface area (Å²) in [5.41, 5.74) is 2.26. The first kappa shape index (κ1) is 15.5. The van der Waals surface area contributed by atoms with E-state index in [0.29, 0.717) is 5.88 Å². The summed E-state index contributed by atoms with van der Waals surface area (Å²) in [5, 5.41) is 9.45. The van der Waals surface area contributed by atoms with Gasteiger partial charge in [-0.1, -0.05) is 32.9 Å². The molecule has 0 unspecified atom stereocenters. The zero-order valence-corrected chi connectivity index (χ0v) is 13.1. The van der Waals surface area contributed by atoms with Gasteiger partial charge < -0.3 is 9.84 Å². The van der Waals surface area contributed by atoms with Gasteiger partial charge in [-0.15, -0.1) is 0 Å². The van der Waals surface area contributed by atoms with E-state index in [4.69, 9.17) is 4.74 Å². The molecular weight excluding hydrogens is 262 g/mol. The highest BCUT2D eigenvalue weighted by atomic mass is 16.5. The fraction of sp³-hybridized carbons (Fsp3) is 0.389. The van der Waals surface area contributed by atoms with Crippen molar-refractivity contribution in [2.24, 2.45) is 0 Å². The molecule has 0 radical (unpaired) electrons. The monoisotopic (exact) mass is 285 g/mol. The predicted molar refractivity (Wildman–Crippen MR) is 84.7 cm³/mol. The average Bonchev–Trinajstić information content (AvgIpc) is 2.48. The molecule has 1 aromatic carbocycles. The van der Waals surface area contributed by atoms with Crippen LogP contribution in [0.2, 0.25) is 0 Å². The van der Waals surface area contributed by atoms with Gasteiger partial charge in [0.2, 0.25) is 5.88 Å². The maximum atomic E-state index is 9.45. The minimum atomic E-state index is -0.512. The minimum Gasteiger partial charge on any atom is -0.439 e. The van der Waals surface area contributed by atoms with E-state index in [1.165, 1.54) is 5.56 Å². The Hall–Kier alpha value is -1.87. The fourth-order valence-corrected chi connectivity index (χ4v) is 2.00. The Labute approximate surface area is 126 Å². The number of rotatable bonds is 5. The molecule has 1 aromatic heterocycles. The summed E-state index contributed by atoms with van der Waals surface area (Å²) in [4.78, 5) is 4.20. The van der Waals surface area contributed by atoms with E-state index in [2.05, 4.69) is 37.9 Å². The summed E-state index contributed by atoms with van der Waals surface area (Å²) in [7, 11) is 0. The van der Waals surface area contributed by atoms with Crippen LogP contribution in [-0.4, -0.2) is 10.1 Å². The number of ether oxygens (including phenoxy) is 1. The first-order valence-corrected chi connectivity index (χ1v) is 7.35. The number of hydrogen-bond acceptors (Lipinski definition) is 3. The summed E-state index contributed by atoms with van der Waals surface area (Å²) in [5.74, 6) is 1.30. The molecule has 0 amide bonds. The lowest BCUT2D eigenvalue weighted by molar-refractivity contribution is 0.198. The van der Waals surface area contributed by atoms with E-state index < -0.39 is 6.10 Å². The van der Waals surface area contributed by atoms with Crippen LogP contribution < -0.4 is 4.74 Å². The Bertz CT molecular complexity index is 571. The number of aliphatic hydroxyl groups excluding tert-OH is 1. The molecule has 0 aliphatic carbocycles. The third kappa shape index (κ3) is 3.82. The van der Waals surface area contributed by atoms with Gasteiger partial charge in [0, 0.05) is 12.3 Å². The molecule has 3 heteroatoms. The van der Waals surface area contributed by atoms with Crippen LogP contribution in [0.5, 0.6) is 11.6 Å². The van der Waals surface area contributed by atoms with E-state index in [9.17, 15) is 5.11 Å². The maximum absolute atomic E-state index is 9.45. The normalized spacial score (nSPS) is 13.0. The number of benzene rings is 1. The molecule has 3 nitrogen and oxygen atoms in total. The fourth-order valence-electron chi connectivity index (χ4n) is 2.00. The highest BCUT2D eigenvalue weighted by Crippen LogP contribution is 2.29. The smallest absolute Gasteiger partial charge is 0.219 e. The maximum Gasteiger partial charge on any atom is 0.219 e. The van der Waals surface area contributed by atoms with Gasteiger partial charge in [0.25, 0.3) is 0 Å². The summed E-state index contributed by atoms with van der Waals surface area (Å²) < 4.78 is 5.72.